The summed E-state index contributed by atoms with van der Waals surface area (Å²) in [5, 5.41) is 8.87. The molecule has 1 aromatic carbocycles. The van der Waals surface area contributed by atoms with Crippen LogP contribution in [0.2, 0.25) is 0 Å². The predicted molar refractivity (Wildman–Crippen MR) is 94.8 cm³/mol. The zero-order valence-corrected chi connectivity index (χ0v) is 14.5. The maximum Gasteiger partial charge on any atom is 0.335 e. The molecule has 0 spiro atoms. The first-order valence-electron chi connectivity index (χ1n) is 8.78. The first-order chi connectivity index (χ1) is 13.0. The lowest BCUT2D eigenvalue weighted by atomic mass is 10.0. The molecule has 140 valence electrons. The van der Waals surface area contributed by atoms with E-state index in [2.05, 4.69) is 4.98 Å². The third-order valence-corrected chi connectivity index (χ3v) is 4.90. The molecule has 2 aliphatic rings. The van der Waals surface area contributed by atoms with E-state index in [1.807, 2.05) is 4.90 Å². The molecule has 0 radical (unpaired) electrons. The summed E-state index contributed by atoms with van der Waals surface area (Å²) >= 11 is 0. The van der Waals surface area contributed by atoms with Crippen molar-refractivity contribution in [1.29, 1.82) is 0 Å². The lowest BCUT2D eigenvalue weighted by molar-refractivity contribution is 0.0696. The van der Waals surface area contributed by atoms with E-state index < -0.39 is 11.8 Å². The summed E-state index contributed by atoms with van der Waals surface area (Å²) < 4.78 is 19.4. The van der Waals surface area contributed by atoms with Gasteiger partial charge in [0.15, 0.2) is 11.6 Å². The molecule has 1 atom stereocenters. The lowest BCUT2D eigenvalue weighted by Crippen LogP contribution is -2.38. The van der Waals surface area contributed by atoms with Gasteiger partial charge in [-0.3, -0.25) is 4.90 Å². The van der Waals surface area contributed by atoms with Crippen LogP contribution in [0, 0.1) is 5.82 Å². The van der Waals surface area contributed by atoms with Gasteiger partial charge in [0.1, 0.15) is 11.6 Å². The van der Waals surface area contributed by atoms with Gasteiger partial charge in [-0.05, 0) is 49.6 Å². The van der Waals surface area contributed by atoms with Crippen LogP contribution in [0.4, 0.5) is 15.0 Å². The summed E-state index contributed by atoms with van der Waals surface area (Å²) in [6.07, 6.45) is 4.59. The monoisotopic (exact) mass is 371 g/mol. The number of halogens is 1. The second-order valence-corrected chi connectivity index (χ2v) is 6.64. The van der Waals surface area contributed by atoms with Crippen molar-refractivity contribution >= 4 is 17.8 Å². The van der Waals surface area contributed by atoms with Crippen molar-refractivity contribution < 1.29 is 23.8 Å². The number of hydrogen-bond acceptors (Lipinski definition) is 4. The maximum atomic E-state index is 14.0. The molecule has 0 unspecified atom stereocenters. The molecular weight excluding hydrogens is 353 g/mol. The number of nitrogens with zero attached hydrogens (tertiary/aromatic N) is 3. The minimum atomic E-state index is -1.21. The molecule has 4 rings (SSSR count). The van der Waals surface area contributed by atoms with Crippen molar-refractivity contribution in [2.75, 3.05) is 18.0 Å². The second kappa shape index (κ2) is 6.86. The zero-order valence-electron chi connectivity index (χ0n) is 14.5. The molecule has 2 amide bonds. The van der Waals surface area contributed by atoms with Gasteiger partial charge in [-0.15, -0.1) is 0 Å². The Morgan fingerprint density at radius 1 is 1.26 bits per heavy atom. The van der Waals surface area contributed by atoms with Crippen molar-refractivity contribution in [3.05, 3.63) is 47.9 Å². The minimum Gasteiger partial charge on any atom is -0.478 e. The minimum absolute atomic E-state index is 0.0313. The van der Waals surface area contributed by atoms with Gasteiger partial charge in [-0.25, -0.2) is 19.0 Å². The molecule has 1 N–H and O–H groups in total. The number of carbonyl (C=O) groups excluding carboxylic acids is 1. The fourth-order valence-corrected chi connectivity index (χ4v) is 3.51. The summed E-state index contributed by atoms with van der Waals surface area (Å²) in [5.41, 5.74) is -0.155. The van der Waals surface area contributed by atoms with Gasteiger partial charge in [0, 0.05) is 13.1 Å². The fourth-order valence-electron chi connectivity index (χ4n) is 3.51. The van der Waals surface area contributed by atoms with Crippen LogP contribution in [0.25, 0.3) is 0 Å². The molecule has 0 saturated carbocycles. The number of carboxylic acid groups (broad SMARTS) is 1. The Kier molecular flexibility index (Phi) is 4.39. The SMILES string of the molecule is O=C(O)c1ccc(Oc2ccc(N3C[C@@H]4CCCCN4C3=O)nc2)c(F)c1. The van der Waals surface area contributed by atoms with E-state index in [1.165, 1.54) is 18.3 Å². The fraction of sp³-hybridized carbons (Fsp3) is 0.316. The Bertz CT molecular complexity index is 887. The van der Waals surface area contributed by atoms with Gasteiger partial charge < -0.3 is 14.7 Å². The molecular formula is C19H18FN3O4. The zero-order chi connectivity index (χ0) is 19.0. The van der Waals surface area contributed by atoms with E-state index in [0.717, 1.165) is 31.9 Å². The van der Waals surface area contributed by atoms with E-state index in [0.29, 0.717) is 18.1 Å². The van der Waals surface area contributed by atoms with Crippen molar-refractivity contribution in [3.8, 4) is 11.5 Å². The highest BCUT2D eigenvalue weighted by Crippen LogP contribution is 2.30. The average Bonchev–Trinajstić information content (AvgIpc) is 3.01. The van der Waals surface area contributed by atoms with Crippen molar-refractivity contribution in [1.82, 2.24) is 9.88 Å². The number of aromatic carboxylic acids is 1. The highest BCUT2D eigenvalue weighted by molar-refractivity contribution is 5.93. The number of rotatable bonds is 4. The van der Waals surface area contributed by atoms with Crippen LogP contribution in [0.3, 0.4) is 0 Å². The van der Waals surface area contributed by atoms with Gasteiger partial charge in [0.2, 0.25) is 0 Å². The van der Waals surface area contributed by atoms with Gasteiger partial charge in [0.25, 0.3) is 0 Å². The molecule has 2 fully saturated rings. The Hall–Kier alpha value is -3.16. The van der Waals surface area contributed by atoms with Crippen molar-refractivity contribution in [2.45, 2.75) is 25.3 Å². The van der Waals surface area contributed by atoms with E-state index in [4.69, 9.17) is 9.84 Å². The van der Waals surface area contributed by atoms with Crippen LogP contribution < -0.4 is 9.64 Å². The number of carbonyl (C=O) groups is 2. The highest BCUT2D eigenvalue weighted by atomic mass is 19.1. The van der Waals surface area contributed by atoms with E-state index in [-0.39, 0.29) is 23.4 Å². The quantitative estimate of drug-likeness (QED) is 0.889. The molecule has 7 nitrogen and oxygen atoms in total. The standard InChI is InChI=1S/C19H18FN3O4/c20-15-9-12(18(24)25)4-6-16(15)27-14-5-7-17(21-10-14)23-11-13-3-1-2-8-22(13)19(23)26/h4-7,9-10,13H,1-3,8,11H2,(H,24,25)/t13-/m0/s1. The number of benzene rings is 1. The Balaban J connectivity index is 1.48. The van der Waals surface area contributed by atoms with E-state index >= 15 is 0 Å². The average molecular weight is 371 g/mol. The summed E-state index contributed by atoms with van der Waals surface area (Å²) in [6, 6.07) is 6.91. The number of hydrogen-bond donors (Lipinski definition) is 1. The summed E-state index contributed by atoms with van der Waals surface area (Å²) in [7, 11) is 0. The van der Waals surface area contributed by atoms with Gasteiger partial charge in [-0.2, -0.15) is 0 Å². The van der Waals surface area contributed by atoms with E-state index in [9.17, 15) is 14.0 Å². The van der Waals surface area contributed by atoms with Crippen molar-refractivity contribution in [3.63, 3.8) is 0 Å². The highest BCUT2D eigenvalue weighted by Gasteiger charge is 2.39. The first-order valence-corrected chi connectivity index (χ1v) is 8.78. The number of fused-ring (bicyclic) bond motifs is 1. The number of piperidine rings is 1. The van der Waals surface area contributed by atoms with Crippen LogP contribution in [0.1, 0.15) is 29.6 Å². The number of urea groups is 1. The van der Waals surface area contributed by atoms with Crippen LogP contribution in [0.5, 0.6) is 11.5 Å². The molecule has 0 aliphatic carbocycles. The molecule has 0 bridgehead atoms. The Morgan fingerprint density at radius 3 is 2.78 bits per heavy atom. The third kappa shape index (κ3) is 3.30. The normalized spacial score (nSPS) is 19.1. The van der Waals surface area contributed by atoms with Crippen LogP contribution in [0.15, 0.2) is 36.5 Å². The molecule has 3 heterocycles. The summed E-state index contributed by atoms with van der Waals surface area (Å²) in [6.45, 7) is 1.41. The number of carboxylic acids is 1. The molecule has 2 aliphatic heterocycles. The smallest absolute Gasteiger partial charge is 0.335 e. The van der Waals surface area contributed by atoms with E-state index in [1.54, 1.807) is 17.0 Å². The Labute approximate surface area is 155 Å². The second-order valence-electron chi connectivity index (χ2n) is 6.64. The number of ether oxygens (including phenoxy) is 1. The molecule has 1 aromatic heterocycles. The number of anilines is 1. The van der Waals surface area contributed by atoms with Crippen LogP contribution >= 0.6 is 0 Å². The summed E-state index contributed by atoms with van der Waals surface area (Å²) in [5.74, 6) is -1.25. The van der Waals surface area contributed by atoms with Crippen LogP contribution in [-0.4, -0.2) is 46.1 Å². The largest absolute Gasteiger partial charge is 0.478 e. The molecule has 27 heavy (non-hydrogen) atoms. The van der Waals surface area contributed by atoms with Gasteiger partial charge in [-0.1, -0.05) is 0 Å². The topological polar surface area (TPSA) is 83.0 Å². The maximum absolute atomic E-state index is 14.0. The van der Waals surface area contributed by atoms with Crippen LogP contribution in [-0.2, 0) is 0 Å². The lowest BCUT2D eigenvalue weighted by Gasteiger charge is -2.27. The summed E-state index contributed by atoms with van der Waals surface area (Å²) in [4.78, 5) is 31.2. The Morgan fingerprint density at radius 2 is 2.11 bits per heavy atom. The molecule has 2 saturated heterocycles. The number of aromatic nitrogens is 1. The van der Waals surface area contributed by atoms with Crippen molar-refractivity contribution in [2.24, 2.45) is 0 Å². The van der Waals surface area contributed by atoms with Gasteiger partial charge in [0.05, 0.1) is 17.8 Å². The third-order valence-electron chi connectivity index (χ3n) is 4.90. The molecule has 2 aromatic rings. The van der Waals surface area contributed by atoms with Gasteiger partial charge >= 0.3 is 12.0 Å². The first kappa shape index (κ1) is 17.3. The number of amides is 2. The molecule has 8 heteroatoms. The predicted octanol–water partition coefficient (Wildman–Crippen LogP) is 3.51. The number of pyridine rings is 1.